The van der Waals surface area contributed by atoms with E-state index < -0.39 is 0 Å². The van der Waals surface area contributed by atoms with E-state index in [0.717, 1.165) is 0 Å². The van der Waals surface area contributed by atoms with Crippen LogP contribution in [0.4, 0.5) is 0 Å². The van der Waals surface area contributed by atoms with Crippen LogP contribution in [0.2, 0.25) is 0 Å². The van der Waals surface area contributed by atoms with Gasteiger partial charge in [0.05, 0.1) is 0 Å². The predicted octanol–water partition coefficient (Wildman–Crippen LogP) is 4.44. The molecule has 0 unspecified atom stereocenters. The third-order valence-corrected chi connectivity index (χ3v) is 4.44. The highest BCUT2D eigenvalue weighted by molar-refractivity contribution is 5.87. The van der Waals surface area contributed by atoms with E-state index >= 15 is 0 Å². The standard InChI is InChI=1S/C16H24O/c1-12(17)8-9-15-14-7-5-4-6-13(14)10-11-16(15,2)3/h8-9,15H,4-7,10-11H2,1-3H3/b9-8+/t15-/m1/s1. The van der Waals surface area contributed by atoms with E-state index in [1.54, 1.807) is 24.1 Å². The van der Waals surface area contributed by atoms with Gasteiger partial charge in [-0.15, -0.1) is 0 Å². The highest BCUT2D eigenvalue weighted by Crippen LogP contribution is 2.48. The predicted molar refractivity (Wildman–Crippen MR) is 71.8 cm³/mol. The van der Waals surface area contributed by atoms with Crippen molar-refractivity contribution >= 4 is 5.78 Å². The number of hydrogen-bond donors (Lipinski definition) is 0. The Morgan fingerprint density at radius 3 is 2.65 bits per heavy atom. The molecule has 0 amide bonds. The van der Waals surface area contributed by atoms with Gasteiger partial charge in [0.2, 0.25) is 0 Å². The van der Waals surface area contributed by atoms with Crippen molar-refractivity contribution in [3.05, 3.63) is 23.3 Å². The summed E-state index contributed by atoms with van der Waals surface area (Å²) < 4.78 is 0. The van der Waals surface area contributed by atoms with Gasteiger partial charge in [-0.2, -0.15) is 0 Å². The molecular formula is C16H24O. The zero-order valence-corrected chi connectivity index (χ0v) is 11.4. The van der Waals surface area contributed by atoms with Gasteiger partial charge >= 0.3 is 0 Å². The van der Waals surface area contributed by atoms with Crippen molar-refractivity contribution in [1.29, 1.82) is 0 Å². The largest absolute Gasteiger partial charge is 0.295 e. The summed E-state index contributed by atoms with van der Waals surface area (Å²) in [6.07, 6.45) is 11.7. The van der Waals surface area contributed by atoms with Crippen LogP contribution in [0.5, 0.6) is 0 Å². The van der Waals surface area contributed by atoms with Gasteiger partial charge in [0.15, 0.2) is 5.78 Å². The number of allylic oxidation sites excluding steroid dienone is 4. The Balaban J connectivity index is 2.31. The molecule has 0 aromatic rings. The van der Waals surface area contributed by atoms with Gasteiger partial charge in [0.1, 0.15) is 0 Å². The normalized spacial score (nSPS) is 28.3. The van der Waals surface area contributed by atoms with Gasteiger partial charge in [0, 0.05) is 5.92 Å². The second-order valence-electron chi connectivity index (χ2n) is 6.27. The fourth-order valence-corrected chi connectivity index (χ4v) is 3.36. The van der Waals surface area contributed by atoms with E-state index in [9.17, 15) is 4.79 Å². The minimum atomic E-state index is 0.171. The molecule has 0 N–H and O–H groups in total. The number of carbonyl (C=O) groups excluding carboxylic acids is 1. The lowest BCUT2D eigenvalue weighted by Crippen LogP contribution is -2.30. The van der Waals surface area contributed by atoms with Crippen LogP contribution in [-0.2, 0) is 4.79 Å². The molecular weight excluding hydrogens is 208 g/mol. The molecule has 17 heavy (non-hydrogen) atoms. The van der Waals surface area contributed by atoms with Crippen molar-refractivity contribution < 1.29 is 4.79 Å². The lowest BCUT2D eigenvalue weighted by atomic mass is 9.63. The van der Waals surface area contributed by atoms with E-state index in [-0.39, 0.29) is 5.78 Å². The summed E-state index contributed by atoms with van der Waals surface area (Å²) in [6.45, 7) is 6.34. The Labute approximate surface area is 105 Å². The maximum absolute atomic E-state index is 11.2. The maximum Gasteiger partial charge on any atom is 0.152 e. The molecule has 1 heteroatoms. The molecule has 0 spiro atoms. The molecule has 0 aliphatic heterocycles. The zero-order chi connectivity index (χ0) is 12.5. The van der Waals surface area contributed by atoms with Crippen LogP contribution in [0.25, 0.3) is 0 Å². The van der Waals surface area contributed by atoms with Crippen LogP contribution < -0.4 is 0 Å². The first-order valence-corrected chi connectivity index (χ1v) is 6.90. The van der Waals surface area contributed by atoms with E-state index in [0.29, 0.717) is 11.3 Å². The minimum Gasteiger partial charge on any atom is -0.295 e. The number of hydrogen-bond acceptors (Lipinski definition) is 1. The van der Waals surface area contributed by atoms with Crippen LogP contribution in [0.15, 0.2) is 23.3 Å². The SMILES string of the molecule is CC(=O)/C=C/[C@@H]1C2=C(CCCC2)CCC1(C)C. The first kappa shape index (κ1) is 12.6. The summed E-state index contributed by atoms with van der Waals surface area (Å²) in [6, 6.07) is 0. The van der Waals surface area contributed by atoms with Crippen LogP contribution in [0.3, 0.4) is 0 Å². The molecule has 0 heterocycles. The number of rotatable bonds is 2. The molecule has 1 atom stereocenters. The van der Waals surface area contributed by atoms with Crippen LogP contribution >= 0.6 is 0 Å². The zero-order valence-electron chi connectivity index (χ0n) is 11.4. The third kappa shape index (κ3) is 2.70. The van der Waals surface area contributed by atoms with Gasteiger partial charge in [0.25, 0.3) is 0 Å². The summed E-state index contributed by atoms with van der Waals surface area (Å²) in [5.41, 5.74) is 3.68. The van der Waals surface area contributed by atoms with Crippen LogP contribution in [0.1, 0.15) is 59.3 Å². The van der Waals surface area contributed by atoms with Crippen LogP contribution in [0, 0.1) is 11.3 Å². The lowest BCUT2D eigenvalue weighted by molar-refractivity contribution is -0.112. The fourth-order valence-electron chi connectivity index (χ4n) is 3.36. The second-order valence-corrected chi connectivity index (χ2v) is 6.27. The molecule has 0 fully saturated rings. The third-order valence-electron chi connectivity index (χ3n) is 4.44. The van der Waals surface area contributed by atoms with Crippen molar-refractivity contribution in [2.45, 2.75) is 59.3 Å². The first-order valence-electron chi connectivity index (χ1n) is 6.90. The minimum absolute atomic E-state index is 0.171. The smallest absolute Gasteiger partial charge is 0.152 e. The Bertz CT molecular complexity index is 371. The maximum atomic E-state index is 11.2. The van der Waals surface area contributed by atoms with Crippen molar-refractivity contribution in [2.24, 2.45) is 11.3 Å². The molecule has 0 saturated carbocycles. The van der Waals surface area contributed by atoms with Gasteiger partial charge < -0.3 is 0 Å². The van der Waals surface area contributed by atoms with Crippen LogP contribution in [-0.4, -0.2) is 5.78 Å². The Morgan fingerprint density at radius 1 is 1.24 bits per heavy atom. The van der Waals surface area contributed by atoms with E-state index in [1.165, 1.54) is 38.5 Å². The highest BCUT2D eigenvalue weighted by atomic mass is 16.1. The average Bonchev–Trinajstić information content (AvgIpc) is 2.27. The van der Waals surface area contributed by atoms with Gasteiger partial charge in [-0.25, -0.2) is 0 Å². The molecule has 0 aromatic heterocycles. The first-order chi connectivity index (χ1) is 8.00. The van der Waals surface area contributed by atoms with Crippen molar-refractivity contribution in [2.75, 3.05) is 0 Å². The monoisotopic (exact) mass is 232 g/mol. The highest BCUT2D eigenvalue weighted by Gasteiger charge is 2.36. The lowest BCUT2D eigenvalue weighted by Gasteiger charge is -2.42. The summed E-state index contributed by atoms with van der Waals surface area (Å²) >= 11 is 0. The van der Waals surface area contributed by atoms with Crippen molar-refractivity contribution in [3.8, 4) is 0 Å². The fraction of sp³-hybridized carbons (Fsp3) is 0.688. The molecule has 94 valence electrons. The number of carbonyl (C=O) groups is 1. The van der Waals surface area contributed by atoms with Gasteiger partial charge in [-0.05, 0) is 56.9 Å². The Kier molecular flexibility index (Phi) is 3.56. The molecule has 0 bridgehead atoms. The van der Waals surface area contributed by atoms with Crippen molar-refractivity contribution in [3.63, 3.8) is 0 Å². The molecule has 1 nitrogen and oxygen atoms in total. The van der Waals surface area contributed by atoms with E-state index in [4.69, 9.17) is 0 Å². The Hall–Kier alpha value is -0.850. The quantitative estimate of drug-likeness (QED) is 0.508. The summed E-state index contributed by atoms with van der Waals surface area (Å²) in [5, 5.41) is 0. The van der Waals surface area contributed by atoms with Gasteiger partial charge in [-0.3, -0.25) is 4.79 Å². The molecule has 2 rings (SSSR count). The molecule has 0 saturated heterocycles. The molecule has 2 aliphatic rings. The van der Waals surface area contributed by atoms with E-state index in [1.807, 2.05) is 0 Å². The number of ketones is 1. The second kappa shape index (κ2) is 4.80. The Morgan fingerprint density at radius 2 is 1.94 bits per heavy atom. The summed E-state index contributed by atoms with van der Waals surface area (Å²) in [4.78, 5) is 11.2. The van der Waals surface area contributed by atoms with Gasteiger partial charge in [-0.1, -0.05) is 31.1 Å². The average molecular weight is 232 g/mol. The molecule has 0 radical (unpaired) electrons. The molecule has 2 aliphatic carbocycles. The molecule has 0 aromatic carbocycles. The summed E-state index contributed by atoms with van der Waals surface area (Å²) in [5.74, 6) is 0.666. The van der Waals surface area contributed by atoms with Crippen molar-refractivity contribution in [1.82, 2.24) is 0 Å². The topological polar surface area (TPSA) is 17.1 Å². The van der Waals surface area contributed by atoms with E-state index in [2.05, 4.69) is 19.9 Å². The summed E-state index contributed by atoms with van der Waals surface area (Å²) in [7, 11) is 0.